The smallest absolute Gasteiger partial charge is 0.254 e. The van der Waals surface area contributed by atoms with Crippen LogP contribution in [0.2, 0.25) is 0 Å². The van der Waals surface area contributed by atoms with Gasteiger partial charge in [-0.3, -0.25) is 9.59 Å². The molecule has 4 nitrogen and oxygen atoms in total. The van der Waals surface area contributed by atoms with Gasteiger partial charge in [0.2, 0.25) is 0 Å². The second-order valence-corrected chi connectivity index (χ2v) is 8.45. The van der Waals surface area contributed by atoms with Crippen LogP contribution in [0.5, 0.6) is 0 Å². The van der Waals surface area contributed by atoms with Gasteiger partial charge in [-0.25, -0.2) is 0 Å². The summed E-state index contributed by atoms with van der Waals surface area (Å²) in [6.07, 6.45) is 7.76. The number of carbonyl (C=O) groups excluding carboxylic acids is 2. The molecule has 2 aromatic carbocycles. The van der Waals surface area contributed by atoms with Gasteiger partial charge in [0.05, 0.1) is 0 Å². The predicted molar refractivity (Wildman–Crippen MR) is 108 cm³/mol. The summed E-state index contributed by atoms with van der Waals surface area (Å²) in [5.74, 6) is 0.134. The molecule has 0 bridgehead atoms. The third kappa shape index (κ3) is 3.68. The Morgan fingerprint density at radius 3 is 2.32 bits per heavy atom. The van der Waals surface area contributed by atoms with Crippen molar-refractivity contribution in [2.45, 2.75) is 63.6 Å². The topological polar surface area (TPSA) is 49.4 Å². The predicted octanol–water partition coefficient (Wildman–Crippen LogP) is 3.87. The number of fused-ring (bicyclic) bond motifs is 1. The van der Waals surface area contributed by atoms with Gasteiger partial charge < -0.3 is 10.2 Å². The Labute approximate surface area is 165 Å². The van der Waals surface area contributed by atoms with Crippen LogP contribution in [-0.4, -0.2) is 28.8 Å². The number of amides is 2. The summed E-state index contributed by atoms with van der Waals surface area (Å²) < 4.78 is 0. The third-order valence-electron chi connectivity index (χ3n) is 6.08. The summed E-state index contributed by atoms with van der Waals surface area (Å²) in [5, 5.41) is 3.02. The molecule has 2 saturated carbocycles. The lowest BCUT2D eigenvalue weighted by atomic mass is 10.0. The van der Waals surface area contributed by atoms with Crippen LogP contribution in [-0.2, 0) is 19.4 Å². The summed E-state index contributed by atoms with van der Waals surface area (Å²) in [5.41, 5.74) is 5.32. The fraction of sp³-hybridized carbons (Fsp3) is 0.417. The number of aryl methyl sites for hydroxylation is 2. The number of nitrogens with one attached hydrogen (secondary N) is 1. The van der Waals surface area contributed by atoms with E-state index in [4.69, 9.17) is 0 Å². The standard InChI is InChI=1S/C24H26N2O2/c27-23(25-21-10-11-21)18-6-4-16(5-7-18)15-26(22-12-13-22)24(28)20-9-8-17-2-1-3-19(17)14-20/h4-9,14,21-22H,1-3,10-13,15H2,(H,25,27). The van der Waals surface area contributed by atoms with Crippen LogP contribution < -0.4 is 5.32 Å². The van der Waals surface area contributed by atoms with Crippen molar-refractivity contribution >= 4 is 11.8 Å². The van der Waals surface area contributed by atoms with E-state index in [0.717, 1.165) is 49.7 Å². The van der Waals surface area contributed by atoms with E-state index >= 15 is 0 Å². The number of nitrogens with zero attached hydrogens (tertiary/aromatic N) is 1. The number of benzene rings is 2. The lowest BCUT2D eigenvalue weighted by Crippen LogP contribution is -2.32. The molecule has 1 N–H and O–H groups in total. The SMILES string of the molecule is O=C(NC1CC1)c1ccc(CN(C(=O)c2ccc3c(c2)CCC3)C2CC2)cc1. The van der Waals surface area contributed by atoms with Gasteiger partial charge in [-0.15, -0.1) is 0 Å². The highest BCUT2D eigenvalue weighted by Gasteiger charge is 2.33. The van der Waals surface area contributed by atoms with Crippen molar-refractivity contribution in [1.29, 1.82) is 0 Å². The fourth-order valence-electron chi connectivity index (χ4n) is 4.08. The highest BCUT2D eigenvalue weighted by molar-refractivity contribution is 5.95. The van der Waals surface area contributed by atoms with Gasteiger partial charge in [0, 0.05) is 29.8 Å². The Morgan fingerprint density at radius 1 is 0.893 bits per heavy atom. The van der Waals surface area contributed by atoms with E-state index in [1.165, 1.54) is 17.5 Å². The summed E-state index contributed by atoms with van der Waals surface area (Å²) in [7, 11) is 0. The molecule has 2 amide bonds. The molecule has 2 aromatic rings. The van der Waals surface area contributed by atoms with E-state index in [1.54, 1.807) is 0 Å². The van der Waals surface area contributed by atoms with Crippen LogP contribution in [0.4, 0.5) is 0 Å². The molecule has 5 rings (SSSR count). The van der Waals surface area contributed by atoms with Gasteiger partial charge in [0.25, 0.3) is 11.8 Å². The van der Waals surface area contributed by atoms with Gasteiger partial charge in [-0.1, -0.05) is 18.2 Å². The van der Waals surface area contributed by atoms with Crippen LogP contribution >= 0.6 is 0 Å². The minimum Gasteiger partial charge on any atom is -0.349 e. The highest BCUT2D eigenvalue weighted by Crippen LogP contribution is 2.31. The quantitative estimate of drug-likeness (QED) is 0.834. The normalized spacial score (nSPS) is 17.9. The van der Waals surface area contributed by atoms with E-state index in [9.17, 15) is 9.59 Å². The number of carbonyl (C=O) groups is 2. The average molecular weight is 374 g/mol. The van der Waals surface area contributed by atoms with Gasteiger partial charge >= 0.3 is 0 Å². The van der Waals surface area contributed by atoms with E-state index in [2.05, 4.69) is 17.4 Å². The average Bonchev–Trinajstić information content (AvgIpc) is 3.65. The van der Waals surface area contributed by atoms with Crippen LogP contribution in [0.3, 0.4) is 0 Å². The lowest BCUT2D eigenvalue weighted by molar-refractivity contribution is 0.0729. The number of hydrogen-bond acceptors (Lipinski definition) is 2. The molecule has 28 heavy (non-hydrogen) atoms. The van der Waals surface area contributed by atoms with Crippen LogP contribution in [0.25, 0.3) is 0 Å². The molecule has 2 fully saturated rings. The van der Waals surface area contributed by atoms with Gasteiger partial charge in [-0.05, 0) is 85.9 Å². The molecule has 0 radical (unpaired) electrons. The third-order valence-corrected chi connectivity index (χ3v) is 6.08. The molecule has 144 valence electrons. The number of rotatable bonds is 6. The van der Waals surface area contributed by atoms with Crippen molar-refractivity contribution in [2.75, 3.05) is 0 Å². The Morgan fingerprint density at radius 2 is 1.61 bits per heavy atom. The van der Waals surface area contributed by atoms with Crippen molar-refractivity contribution in [3.63, 3.8) is 0 Å². The van der Waals surface area contributed by atoms with Crippen molar-refractivity contribution < 1.29 is 9.59 Å². The molecule has 3 aliphatic rings. The minimum atomic E-state index is 0.00214. The van der Waals surface area contributed by atoms with E-state index in [-0.39, 0.29) is 11.8 Å². The molecule has 3 aliphatic carbocycles. The van der Waals surface area contributed by atoms with E-state index in [1.807, 2.05) is 35.2 Å². The van der Waals surface area contributed by atoms with Crippen molar-refractivity contribution in [3.8, 4) is 0 Å². The van der Waals surface area contributed by atoms with E-state index < -0.39 is 0 Å². The highest BCUT2D eigenvalue weighted by atomic mass is 16.2. The Kier molecular flexibility index (Phi) is 4.42. The molecular formula is C24H26N2O2. The number of hydrogen-bond donors (Lipinski definition) is 1. The Hall–Kier alpha value is -2.62. The summed E-state index contributed by atoms with van der Waals surface area (Å²) in [6.45, 7) is 0.602. The zero-order valence-electron chi connectivity index (χ0n) is 16.1. The second kappa shape index (κ2) is 7.08. The zero-order valence-corrected chi connectivity index (χ0v) is 16.1. The first-order valence-electron chi connectivity index (χ1n) is 10.5. The minimum absolute atomic E-state index is 0.00214. The van der Waals surface area contributed by atoms with E-state index in [0.29, 0.717) is 24.2 Å². The maximum atomic E-state index is 13.2. The van der Waals surface area contributed by atoms with Crippen molar-refractivity contribution in [2.24, 2.45) is 0 Å². The molecule has 0 heterocycles. The van der Waals surface area contributed by atoms with Crippen molar-refractivity contribution in [3.05, 3.63) is 70.3 Å². The maximum absolute atomic E-state index is 13.2. The Balaban J connectivity index is 1.30. The van der Waals surface area contributed by atoms with Crippen LogP contribution in [0.1, 0.15) is 69.5 Å². The largest absolute Gasteiger partial charge is 0.349 e. The first-order chi connectivity index (χ1) is 13.7. The van der Waals surface area contributed by atoms with Gasteiger partial charge in [0.15, 0.2) is 0 Å². The molecule has 4 heteroatoms. The second-order valence-electron chi connectivity index (χ2n) is 8.45. The summed E-state index contributed by atoms with van der Waals surface area (Å²) in [6, 6.07) is 14.6. The van der Waals surface area contributed by atoms with Crippen LogP contribution in [0, 0.1) is 0 Å². The molecule has 0 aliphatic heterocycles. The molecule has 0 unspecified atom stereocenters. The zero-order chi connectivity index (χ0) is 19.1. The first-order valence-corrected chi connectivity index (χ1v) is 10.5. The molecule has 0 spiro atoms. The maximum Gasteiger partial charge on any atom is 0.254 e. The summed E-state index contributed by atoms with van der Waals surface area (Å²) >= 11 is 0. The monoisotopic (exact) mass is 374 g/mol. The van der Waals surface area contributed by atoms with Crippen molar-refractivity contribution in [1.82, 2.24) is 10.2 Å². The Bertz CT molecular complexity index is 911. The molecule has 0 aromatic heterocycles. The van der Waals surface area contributed by atoms with Gasteiger partial charge in [0.1, 0.15) is 0 Å². The van der Waals surface area contributed by atoms with Gasteiger partial charge in [-0.2, -0.15) is 0 Å². The van der Waals surface area contributed by atoms with Crippen LogP contribution in [0.15, 0.2) is 42.5 Å². The fourth-order valence-corrected chi connectivity index (χ4v) is 4.08. The summed E-state index contributed by atoms with van der Waals surface area (Å²) in [4.78, 5) is 27.4. The first kappa shape index (κ1) is 17.5. The molecule has 0 saturated heterocycles. The molecule has 0 atom stereocenters. The molecular weight excluding hydrogens is 348 g/mol. The lowest BCUT2D eigenvalue weighted by Gasteiger charge is -2.23.